The molecule has 0 aromatic carbocycles. The SMILES string of the molecule is [B]N(C)C(C)CC. The Morgan fingerprint density at radius 2 is 2.14 bits per heavy atom. The molecule has 0 saturated heterocycles. The smallest absolute Gasteiger partial charge is 0.182 e. The van der Waals surface area contributed by atoms with E-state index in [-0.39, 0.29) is 0 Å². The zero-order chi connectivity index (χ0) is 5.86. The van der Waals surface area contributed by atoms with Crippen LogP contribution in [0.5, 0.6) is 0 Å². The van der Waals surface area contributed by atoms with Gasteiger partial charge in [0.25, 0.3) is 0 Å². The second kappa shape index (κ2) is 3.08. The summed E-state index contributed by atoms with van der Waals surface area (Å²) in [5.74, 6) is 0. The molecule has 40 valence electrons. The van der Waals surface area contributed by atoms with Gasteiger partial charge in [-0.3, -0.25) is 0 Å². The maximum absolute atomic E-state index is 5.38. The third kappa shape index (κ3) is 2.69. The molecule has 2 heteroatoms. The molecule has 1 unspecified atom stereocenters. The molecule has 0 aliphatic rings. The molecule has 0 bridgehead atoms. The molecule has 0 spiro atoms. The Morgan fingerprint density at radius 1 is 1.71 bits per heavy atom. The van der Waals surface area contributed by atoms with Crippen LogP contribution in [0.4, 0.5) is 0 Å². The Balaban J connectivity index is 3.14. The molecule has 0 N–H and O–H groups in total. The lowest BCUT2D eigenvalue weighted by Crippen LogP contribution is -2.24. The summed E-state index contributed by atoms with van der Waals surface area (Å²) in [7, 11) is 7.26. The first-order valence-corrected chi connectivity index (χ1v) is 2.66. The molecule has 0 aromatic rings. The first-order valence-electron chi connectivity index (χ1n) is 2.66. The summed E-state index contributed by atoms with van der Waals surface area (Å²) in [6.07, 6.45) is 1.12. The van der Waals surface area contributed by atoms with Gasteiger partial charge in [-0.1, -0.05) is 13.8 Å². The van der Waals surface area contributed by atoms with E-state index in [0.717, 1.165) is 6.42 Å². The van der Waals surface area contributed by atoms with Crippen molar-refractivity contribution in [1.29, 1.82) is 0 Å². The van der Waals surface area contributed by atoms with Crippen molar-refractivity contribution in [3.8, 4) is 0 Å². The van der Waals surface area contributed by atoms with Gasteiger partial charge in [0.15, 0.2) is 7.98 Å². The van der Waals surface area contributed by atoms with Crippen LogP contribution >= 0.6 is 0 Å². The Labute approximate surface area is 47.1 Å². The quantitative estimate of drug-likeness (QED) is 0.460. The largest absolute Gasteiger partial charge is 0.354 e. The van der Waals surface area contributed by atoms with Crippen LogP contribution in [0.15, 0.2) is 0 Å². The minimum Gasteiger partial charge on any atom is -0.354 e. The Hall–Kier alpha value is 0.0249. The minimum atomic E-state index is 0.514. The molecule has 0 aliphatic carbocycles. The van der Waals surface area contributed by atoms with Crippen LogP contribution < -0.4 is 0 Å². The highest BCUT2D eigenvalue weighted by molar-refractivity contribution is 6.04. The Morgan fingerprint density at radius 3 is 2.14 bits per heavy atom. The van der Waals surface area contributed by atoms with E-state index >= 15 is 0 Å². The van der Waals surface area contributed by atoms with Crippen molar-refractivity contribution in [2.24, 2.45) is 0 Å². The van der Waals surface area contributed by atoms with Crippen molar-refractivity contribution in [3.63, 3.8) is 0 Å². The summed E-state index contributed by atoms with van der Waals surface area (Å²) in [5, 5.41) is 0. The highest BCUT2D eigenvalue weighted by Gasteiger charge is 1.96. The van der Waals surface area contributed by atoms with Crippen molar-refractivity contribution in [3.05, 3.63) is 0 Å². The van der Waals surface area contributed by atoms with E-state index in [9.17, 15) is 0 Å². The van der Waals surface area contributed by atoms with Gasteiger partial charge >= 0.3 is 0 Å². The third-order valence-corrected chi connectivity index (χ3v) is 1.29. The first-order chi connectivity index (χ1) is 3.18. The van der Waals surface area contributed by atoms with Gasteiger partial charge in [-0.05, 0) is 19.5 Å². The fourth-order valence-corrected chi connectivity index (χ4v) is 0.288. The van der Waals surface area contributed by atoms with Crippen LogP contribution in [0.1, 0.15) is 20.3 Å². The first kappa shape index (κ1) is 7.02. The number of hydrogen-bond acceptors (Lipinski definition) is 1. The van der Waals surface area contributed by atoms with Gasteiger partial charge in [-0.25, -0.2) is 0 Å². The van der Waals surface area contributed by atoms with Crippen molar-refractivity contribution < 1.29 is 0 Å². The van der Waals surface area contributed by atoms with E-state index in [1.807, 2.05) is 7.05 Å². The highest BCUT2D eigenvalue weighted by atomic mass is 15.0. The van der Waals surface area contributed by atoms with Crippen molar-refractivity contribution in [1.82, 2.24) is 4.81 Å². The maximum Gasteiger partial charge on any atom is 0.182 e. The second-order valence-electron chi connectivity index (χ2n) is 1.92. The van der Waals surface area contributed by atoms with E-state index in [1.165, 1.54) is 0 Å². The highest BCUT2D eigenvalue weighted by Crippen LogP contribution is 1.93. The van der Waals surface area contributed by atoms with Gasteiger partial charge in [0.05, 0.1) is 0 Å². The zero-order valence-corrected chi connectivity index (χ0v) is 5.31. The monoisotopic (exact) mass is 97.1 g/mol. The van der Waals surface area contributed by atoms with Crippen LogP contribution in [0.2, 0.25) is 0 Å². The van der Waals surface area contributed by atoms with Gasteiger partial charge in [0, 0.05) is 0 Å². The molecule has 0 aromatic heterocycles. The molecular formula is C5H12BN. The fourth-order valence-electron chi connectivity index (χ4n) is 0.288. The van der Waals surface area contributed by atoms with Crippen molar-refractivity contribution in [2.45, 2.75) is 26.3 Å². The van der Waals surface area contributed by atoms with E-state index in [1.54, 1.807) is 4.81 Å². The molecule has 0 saturated carbocycles. The summed E-state index contributed by atoms with van der Waals surface area (Å²) in [6, 6.07) is 0.514. The zero-order valence-electron chi connectivity index (χ0n) is 5.31. The summed E-state index contributed by atoms with van der Waals surface area (Å²) in [6.45, 7) is 4.22. The molecule has 0 aliphatic heterocycles. The number of hydrogen-bond donors (Lipinski definition) is 0. The second-order valence-corrected chi connectivity index (χ2v) is 1.92. The third-order valence-electron chi connectivity index (χ3n) is 1.29. The van der Waals surface area contributed by atoms with Crippen LogP contribution in [-0.4, -0.2) is 25.9 Å². The molecule has 1 nitrogen and oxygen atoms in total. The average Bonchev–Trinajstić information content (AvgIpc) is 1.65. The van der Waals surface area contributed by atoms with Gasteiger partial charge in [0.2, 0.25) is 0 Å². The minimum absolute atomic E-state index is 0.514. The lowest BCUT2D eigenvalue weighted by Gasteiger charge is -2.17. The molecule has 2 radical (unpaired) electrons. The Bertz CT molecular complexity index is 45.3. The van der Waals surface area contributed by atoms with Crippen LogP contribution in [-0.2, 0) is 0 Å². The predicted molar refractivity (Wildman–Crippen MR) is 33.3 cm³/mol. The van der Waals surface area contributed by atoms with Gasteiger partial charge in [-0.15, -0.1) is 0 Å². The molecule has 0 heterocycles. The lowest BCUT2D eigenvalue weighted by atomic mass is 10.2. The Kier molecular flexibility index (Phi) is 3.09. The van der Waals surface area contributed by atoms with E-state index < -0.39 is 0 Å². The van der Waals surface area contributed by atoms with Crippen molar-refractivity contribution in [2.75, 3.05) is 7.05 Å². The summed E-state index contributed by atoms with van der Waals surface area (Å²) in [4.78, 5) is 1.72. The van der Waals surface area contributed by atoms with E-state index in [2.05, 4.69) is 13.8 Å². The van der Waals surface area contributed by atoms with Gasteiger partial charge in [-0.2, -0.15) is 0 Å². The summed E-state index contributed by atoms with van der Waals surface area (Å²) < 4.78 is 0. The standard InChI is InChI=1S/C5H12BN/c1-4-5(2)7(3)6/h5H,4H2,1-3H3. The van der Waals surface area contributed by atoms with Gasteiger partial charge in [0.1, 0.15) is 0 Å². The normalized spacial score (nSPS) is 14.9. The van der Waals surface area contributed by atoms with Crippen LogP contribution in [0.3, 0.4) is 0 Å². The number of rotatable bonds is 2. The van der Waals surface area contributed by atoms with E-state index in [0.29, 0.717) is 6.04 Å². The van der Waals surface area contributed by atoms with Gasteiger partial charge < -0.3 is 4.81 Å². The molecule has 1 atom stereocenters. The average molecular weight is 97.0 g/mol. The summed E-state index contributed by atoms with van der Waals surface area (Å²) in [5.41, 5.74) is 0. The van der Waals surface area contributed by atoms with Crippen molar-refractivity contribution >= 4 is 7.98 Å². The molecule has 7 heavy (non-hydrogen) atoms. The molecule has 0 amide bonds. The topological polar surface area (TPSA) is 3.24 Å². The van der Waals surface area contributed by atoms with Crippen LogP contribution in [0, 0.1) is 0 Å². The van der Waals surface area contributed by atoms with Crippen LogP contribution in [0.25, 0.3) is 0 Å². The fraction of sp³-hybridized carbons (Fsp3) is 1.00. The molecule has 0 rings (SSSR count). The lowest BCUT2D eigenvalue weighted by molar-refractivity contribution is 0.410. The summed E-state index contributed by atoms with van der Waals surface area (Å²) >= 11 is 0. The molecular weight excluding hydrogens is 84.9 g/mol. The molecule has 0 fully saturated rings. The maximum atomic E-state index is 5.38. The number of nitrogens with zero attached hydrogens (tertiary/aromatic N) is 1. The van der Waals surface area contributed by atoms with E-state index in [4.69, 9.17) is 7.98 Å². The predicted octanol–water partition coefficient (Wildman–Crippen LogP) is 0.800.